The van der Waals surface area contributed by atoms with Crippen molar-refractivity contribution >= 4 is 17.5 Å². The monoisotopic (exact) mass is 266 g/mol. The maximum absolute atomic E-state index is 12.2. The molecule has 0 aromatic carbocycles. The van der Waals surface area contributed by atoms with E-state index in [9.17, 15) is 4.79 Å². The molecule has 1 heterocycles. The summed E-state index contributed by atoms with van der Waals surface area (Å²) in [6.45, 7) is 10.3. The number of nitrogens with zero attached hydrogens (tertiary/aromatic N) is 2. The first kappa shape index (κ1) is 14.7. The number of carbonyl (C=O) groups excluding carboxylic acids is 1. The van der Waals surface area contributed by atoms with Crippen molar-refractivity contribution in [1.82, 2.24) is 9.88 Å². The third-order valence-electron chi connectivity index (χ3n) is 2.51. The van der Waals surface area contributed by atoms with Gasteiger partial charge in [0.05, 0.1) is 0 Å². The van der Waals surface area contributed by atoms with Crippen molar-refractivity contribution in [3.05, 3.63) is 40.7 Å². The SMILES string of the molecule is C=C(C)CN(C)C(=O)c1cc(Cl)nc(C(C)C)c1. The van der Waals surface area contributed by atoms with E-state index in [-0.39, 0.29) is 11.8 Å². The van der Waals surface area contributed by atoms with Gasteiger partial charge in [-0.2, -0.15) is 0 Å². The van der Waals surface area contributed by atoms with E-state index >= 15 is 0 Å². The number of rotatable bonds is 4. The first-order valence-corrected chi connectivity index (χ1v) is 6.26. The molecule has 0 atom stereocenters. The molecule has 0 aliphatic carbocycles. The van der Waals surface area contributed by atoms with Gasteiger partial charge in [0.2, 0.25) is 0 Å². The van der Waals surface area contributed by atoms with Crippen molar-refractivity contribution in [3.63, 3.8) is 0 Å². The quantitative estimate of drug-likeness (QED) is 0.617. The maximum atomic E-state index is 12.2. The molecule has 0 radical (unpaired) electrons. The zero-order valence-corrected chi connectivity index (χ0v) is 12.1. The van der Waals surface area contributed by atoms with Gasteiger partial charge in [0.25, 0.3) is 5.91 Å². The highest BCUT2D eigenvalue weighted by molar-refractivity contribution is 6.29. The smallest absolute Gasteiger partial charge is 0.254 e. The minimum absolute atomic E-state index is 0.0656. The van der Waals surface area contributed by atoms with Crippen molar-refractivity contribution in [2.24, 2.45) is 0 Å². The van der Waals surface area contributed by atoms with Crippen LogP contribution < -0.4 is 0 Å². The van der Waals surface area contributed by atoms with Crippen LogP contribution in [0.5, 0.6) is 0 Å². The van der Waals surface area contributed by atoms with Crippen LogP contribution in [0.4, 0.5) is 0 Å². The lowest BCUT2D eigenvalue weighted by atomic mass is 10.1. The summed E-state index contributed by atoms with van der Waals surface area (Å²) < 4.78 is 0. The number of hydrogen-bond donors (Lipinski definition) is 0. The van der Waals surface area contributed by atoms with E-state index in [2.05, 4.69) is 11.6 Å². The molecule has 0 bridgehead atoms. The largest absolute Gasteiger partial charge is 0.338 e. The molecule has 3 nitrogen and oxygen atoms in total. The Balaban J connectivity index is 3.02. The summed E-state index contributed by atoms with van der Waals surface area (Å²) in [6, 6.07) is 3.40. The Hall–Kier alpha value is -1.35. The topological polar surface area (TPSA) is 33.2 Å². The Morgan fingerprint density at radius 2 is 2.11 bits per heavy atom. The second kappa shape index (κ2) is 6.01. The molecule has 4 heteroatoms. The molecule has 0 unspecified atom stereocenters. The Labute approximate surface area is 113 Å². The average molecular weight is 267 g/mol. The first-order chi connectivity index (χ1) is 8.31. The number of pyridine rings is 1. The van der Waals surface area contributed by atoms with E-state index in [4.69, 9.17) is 11.6 Å². The van der Waals surface area contributed by atoms with Crippen LogP contribution in [-0.4, -0.2) is 29.4 Å². The molecular formula is C14H19ClN2O. The van der Waals surface area contributed by atoms with Crippen LogP contribution in [0.15, 0.2) is 24.3 Å². The van der Waals surface area contributed by atoms with Crippen LogP contribution in [0.25, 0.3) is 0 Å². The summed E-state index contributed by atoms with van der Waals surface area (Å²) in [5.74, 6) is 0.172. The lowest BCUT2D eigenvalue weighted by Crippen LogP contribution is -2.28. The van der Waals surface area contributed by atoms with E-state index in [1.165, 1.54) is 0 Å². The van der Waals surface area contributed by atoms with Gasteiger partial charge in [-0.25, -0.2) is 4.98 Å². The van der Waals surface area contributed by atoms with Crippen molar-refractivity contribution < 1.29 is 4.79 Å². The highest BCUT2D eigenvalue weighted by Gasteiger charge is 2.14. The summed E-state index contributed by atoms with van der Waals surface area (Å²) in [5, 5.41) is 0.355. The van der Waals surface area contributed by atoms with E-state index < -0.39 is 0 Å². The van der Waals surface area contributed by atoms with E-state index in [0.29, 0.717) is 17.3 Å². The standard InChI is InChI=1S/C14H19ClN2O/c1-9(2)8-17(5)14(18)11-6-12(10(3)4)16-13(15)7-11/h6-7,10H,1,8H2,2-5H3. The number of amides is 1. The Kier molecular flexibility index (Phi) is 4.91. The molecule has 0 spiro atoms. The minimum atomic E-state index is -0.0656. The van der Waals surface area contributed by atoms with Crippen LogP contribution in [0.2, 0.25) is 5.15 Å². The molecule has 0 aliphatic rings. The van der Waals surface area contributed by atoms with Gasteiger partial charge in [-0.3, -0.25) is 4.79 Å². The zero-order valence-electron chi connectivity index (χ0n) is 11.3. The van der Waals surface area contributed by atoms with E-state index in [1.54, 1.807) is 24.1 Å². The van der Waals surface area contributed by atoms with Crippen LogP contribution >= 0.6 is 11.6 Å². The molecule has 0 fully saturated rings. The fourth-order valence-electron chi connectivity index (χ4n) is 1.63. The molecule has 98 valence electrons. The molecule has 1 rings (SSSR count). The summed E-state index contributed by atoms with van der Waals surface area (Å²) in [6.07, 6.45) is 0. The van der Waals surface area contributed by atoms with Gasteiger partial charge in [-0.05, 0) is 25.0 Å². The Morgan fingerprint density at radius 1 is 1.50 bits per heavy atom. The molecule has 0 saturated carbocycles. The second-order valence-electron chi connectivity index (χ2n) is 4.88. The van der Waals surface area contributed by atoms with Crippen LogP contribution in [0.1, 0.15) is 42.7 Å². The predicted molar refractivity (Wildman–Crippen MR) is 75.1 cm³/mol. The molecule has 0 saturated heterocycles. The molecule has 0 N–H and O–H groups in total. The van der Waals surface area contributed by atoms with Gasteiger partial charge in [-0.15, -0.1) is 0 Å². The van der Waals surface area contributed by atoms with E-state index in [0.717, 1.165) is 11.3 Å². The molecule has 1 aromatic heterocycles. The third-order valence-corrected chi connectivity index (χ3v) is 2.70. The molecule has 0 aliphatic heterocycles. The molecule has 1 amide bonds. The van der Waals surface area contributed by atoms with Crippen molar-refractivity contribution in [1.29, 1.82) is 0 Å². The summed E-state index contributed by atoms with van der Waals surface area (Å²) >= 11 is 5.95. The average Bonchev–Trinajstić information content (AvgIpc) is 2.26. The lowest BCUT2D eigenvalue weighted by molar-refractivity contribution is 0.0806. The van der Waals surface area contributed by atoms with Gasteiger partial charge in [-0.1, -0.05) is 37.6 Å². The van der Waals surface area contributed by atoms with Gasteiger partial charge >= 0.3 is 0 Å². The predicted octanol–water partition coefficient (Wildman–Crippen LogP) is 3.51. The Bertz CT molecular complexity index is 469. The second-order valence-corrected chi connectivity index (χ2v) is 5.26. The number of likely N-dealkylation sites (N-methyl/N-ethyl adjacent to an activating group) is 1. The van der Waals surface area contributed by atoms with E-state index in [1.807, 2.05) is 20.8 Å². The van der Waals surface area contributed by atoms with Gasteiger partial charge in [0.1, 0.15) is 5.15 Å². The van der Waals surface area contributed by atoms with Crippen LogP contribution in [0.3, 0.4) is 0 Å². The van der Waals surface area contributed by atoms with Crippen molar-refractivity contribution in [3.8, 4) is 0 Å². The molecular weight excluding hydrogens is 248 g/mol. The van der Waals surface area contributed by atoms with Gasteiger partial charge in [0, 0.05) is 24.8 Å². The van der Waals surface area contributed by atoms with Gasteiger partial charge in [0.15, 0.2) is 0 Å². The summed E-state index contributed by atoms with van der Waals surface area (Å²) in [4.78, 5) is 18.0. The number of carbonyl (C=O) groups is 1. The molecule has 18 heavy (non-hydrogen) atoms. The van der Waals surface area contributed by atoms with Crippen LogP contribution in [0, 0.1) is 0 Å². The highest BCUT2D eigenvalue weighted by Crippen LogP contribution is 2.18. The first-order valence-electron chi connectivity index (χ1n) is 5.88. The minimum Gasteiger partial charge on any atom is -0.338 e. The third kappa shape index (κ3) is 3.84. The lowest BCUT2D eigenvalue weighted by Gasteiger charge is -2.18. The number of aromatic nitrogens is 1. The molecule has 1 aromatic rings. The van der Waals surface area contributed by atoms with Crippen LogP contribution in [-0.2, 0) is 0 Å². The maximum Gasteiger partial charge on any atom is 0.254 e. The number of halogens is 1. The van der Waals surface area contributed by atoms with Crippen molar-refractivity contribution in [2.75, 3.05) is 13.6 Å². The summed E-state index contributed by atoms with van der Waals surface area (Å²) in [5.41, 5.74) is 2.34. The fourth-order valence-corrected chi connectivity index (χ4v) is 1.85. The number of hydrogen-bond acceptors (Lipinski definition) is 2. The normalized spacial score (nSPS) is 10.6. The summed E-state index contributed by atoms with van der Waals surface area (Å²) in [7, 11) is 1.75. The van der Waals surface area contributed by atoms with Crippen molar-refractivity contribution in [2.45, 2.75) is 26.7 Å². The Morgan fingerprint density at radius 3 is 2.61 bits per heavy atom. The van der Waals surface area contributed by atoms with Gasteiger partial charge < -0.3 is 4.90 Å². The zero-order chi connectivity index (χ0) is 13.9. The fraction of sp³-hybridized carbons (Fsp3) is 0.429. The highest BCUT2D eigenvalue weighted by atomic mass is 35.5.